The van der Waals surface area contributed by atoms with Gasteiger partial charge in [-0.1, -0.05) is 41.2 Å². The van der Waals surface area contributed by atoms with Crippen LogP contribution in [0.3, 0.4) is 0 Å². The third kappa shape index (κ3) is 3.95. The predicted octanol–water partition coefficient (Wildman–Crippen LogP) is 2.39. The molecule has 1 amide bonds. The van der Waals surface area contributed by atoms with Crippen molar-refractivity contribution in [3.63, 3.8) is 0 Å². The Kier molecular flexibility index (Phi) is 5.02. The molecule has 1 aromatic carbocycles. The first-order valence-corrected chi connectivity index (χ1v) is 9.90. The fraction of sp³-hybridized carbons (Fsp3) is 0.526. The Morgan fingerprint density at radius 3 is 2.92 bits per heavy atom. The Hall–Kier alpha value is -1.83. The molecule has 2 saturated heterocycles. The molecule has 7 heteroatoms. The third-order valence-electron chi connectivity index (χ3n) is 5.30. The van der Waals surface area contributed by atoms with Crippen LogP contribution in [-0.4, -0.2) is 47.3 Å². The molecule has 26 heavy (non-hydrogen) atoms. The second-order valence-corrected chi connectivity index (χ2v) is 8.49. The molecular formula is C19H24N4O2S. The number of carbonyl (C=O) groups excluding carboxylic acids is 1. The zero-order valence-electron chi connectivity index (χ0n) is 15.0. The number of amides is 1. The summed E-state index contributed by atoms with van der Waals surface area (Å²) < 4.78 is 5.58. The number of nitrogens with one attached hydrogen (secondary N) is 1. The first kappa shape index (κ1) is 17.6. The smallest absolute Gasteiger partial charge is 0.282 e. The fourth-order valence-electron chi connectivity index (χ4n) is 3.70. The van der Waals surface area contributed by atoms with Crippen LogP contribution in [-0.2, 0) is 17.8 Å². The lowest BCUT2D eigenvalue weighted by atomic mass is 9.87. The van der Waals surface area contributed by atoms with Crippen LogP contribution in [0.1, 0.15) is 38.8 Å². The van der Waals surface area contributed by atoms with E-state index in [4.69, 9.17) is 4.74 Å². The number of likely N-dealkylation sites (tertiary alicyclic amines) is 1. The highest BCUT2D eigenvalue weighted by Gasteiger charge is 2.41. The minimum atomic E-state index is -0.156. The van der Waals surface area contributed by atoms with E-state index in [0.29, 0.717) is 17.0 Å². The molecule has 6 nitrogen and oxygen atoms in total. The number of hydrogen-bond acceptors (Lipinski definition) is 6. The molecule has 4 rings (SSSR count). The van der Waals surface area contributed by atoms with Crippen LogP contribution in [0, 0.1) is 12.3 Å². The fourth-order valence-corrected chi connectivity index (χ4v) is 4.50. The summed E-state index contributed by atoms with van der Waals surface area (Å²) in [6, 6.07) is 8.14. The molecule has 2 aliphatic heterocycles. The topological polar surface area (TPSA) is 67.4 Å². The molecule has 1 aromatic heterocycles. The number of aryl methyl sites for hydroxylation is 1. The summed E-state index contributed by atoms with van der Waals surface area (Å²) in [4.78, 5) is 14.7. The van der Waals surface area contributed by atoms with Crippen molar-refractivity contribution in [2.45, 2.75) is 32.9 Å². The molecule has 1 atom stereocenters. The van der Waals surface area contributed by atoms with Crippen LogP contribution in [0.15, 0.2) is 24.3 Å². The summed E-state index contributed by atoms with van der Waals surface area (Å²) in [5.41, 5.74) is 2.63. The lowest BCUT2D eigenvalue weighted by Gasteiger charge is -2.21. The molecule has 2 aliphatic rings. The van der Waals surface area contributed by atoms with Gasteiger partial charge in [-0.25, -0.2) is 0 Å². The van der Waals surface area contributed by atoms with E-state index in [1.54, 1.807) is 0 Å². The van der Waals surface area contributed by atoms with E-state index in [-0.39, 0.29) is 5.91 Å². The van der Waals surface area contributed by atoms with Crippen molar-refractivity contribution in [1.82, 2.24) is 20.4 Å². The Morgan fingerprint density at radius 2 is 2.15 bits per heavy atom. The summed E-state index contributed by atoms with van der Waals surface area (Å²) >= 11 is 1.39. The molecule has 0 bridgehead atoms. The molecule has 138 valence electrons. The number of ether oxygens (including phenoxy) is 1. The highest BCUT2D eigenvalue weighted by atomic mass is 32.1. The van der Waals surface area contributed by atoms with Crippen molar-refractivity contribution >= 4 is 17.2 Å². The summed E-state index contributed by atoms with van der Waals surface area (Å²) in [5.74, 6) is -0.156. The van der Waals surface area contributed by atoms with Gasteiger partial charge in [0.1, 0.15) is 5.01 Å². The van der Waals surface area contributed by atoms with Crippen LogP contribution in [0.4, 0.5) is 0 Å². The highest BCUT2D eigenvalue weighted by molar-refractivity contribution is 7.13. The van der Waals surface area contributed by atoms with Crippen LogP contribution in [0.5, 0.6) is 0 Å². The van der Waals surface area contributed by atoms with Crippen LogP contribution in [0.2, 0.25) is 0 Å². The zero-order valence-corrected chi connectivity index (χ0v) is 15.8. The number of benzene rings is 1. The van der Waals surface area contributed by atoms with E-state index >= 15 is 0 Å². The van der Waals surface area contributed by atoms with Crippen LogP contribution >= 0.6 is 11.3 Å². The Balaban J connectivity index is 1.30. The monoisotopic (exact) mass is 372 g/mol. The molecule has 1 spiro atoms. The van der Waals surface area contributed by atoms with E-state index in [2.05, 4.69) is 20.4 Å². The van der Waals surface area contributed by atoms with Crippen LogP contribution < -0.4 is 5.32 Å². The normalized spacial score (nSPS) is 23.0. The van der Waals surface area contributed by atoms with Gasteiger partial charge in [0.2, 0.25) is 5.01 Å². The van der Waals surface area contributed by atoms with E-state index < -0.39 is 0 Å². The maximum Gasteiger partial charge on any atom is 0.282 e. The Bertz CT molecular complexity index is 768. The van der Waals surface area contributed by atoms with Gasteiger partial charge in [0, 0.05) is 25.1 Å². The molecular weight excluding hydrogens is 348 g/mol. The van der Waals surface area contributed by atoms with Gasteiger partial charge in [-0.3, -0.25) is 9.69 Å². The molecule has 1 N–H and O–H groups in total. The van der Waals surface area contributed by atoms with Gasteiger partial charge in [0.05, 0.1) is 13.2 Å². The Morgan fingerprint density at radius 1 is 1.31 bits per heavy atom. The standard InChI is InChI=1S/C19H24N4O2S/c1-14-2-4-15(5-3-14)10-20-17(24)18-22-21-16(26-18)11-23-8-6-19(12-23)7-9-25-13-19/h2-5H,6-13H2,1H3,(H,20,24). The van der Waals surface area contributed by atoms with Gasteiger partial charge in [0.15, 0.2) is 0 Å². The maximum atomic E-state index is 12.3. The predicted molar refractivity (Wildman–Crippen MR) is 100 cm³/mol. The summed E-state index contributed by atoms with van der Waals surface area (Å²) in [6.45, 7) is 7.21. The number of carbonyl (C=O) groups is 1. The van der Waals surface area contributed by atoms with Crippen molar-refractivity contribution in [1.29, 1.82) is 0 Å². The third-order valence-corrected chi connectivity index (χ3v) is 6.20. The number of aromatic nitrogens is 2. The molecule has 2 aromatic rings. The van der Waals surface area contributed by atoms with Crippen molar-refractivity contribution in [2.75, 3.05) is 26.3 Å². The lowest BCUT2D eigenvalue weighted by molar-refractivity contribution is 0.0950. The van der Waals surface area contributed by atoms with E-state index in [0.717, 1.165) is 49.8 Å². The molecule has 1 unspecified atom stereocenters. The quantitative estimate of drug-likeness (QED) is 0.873. The van der Waals surface area contributed by atoms with Crippen molar-refractivity contribution in [3.8, 4) is 0 Å². The van der Waals surface area contributed by atoms with E-state index in [1.807, 2.05) is 31.2 Å². The SMILES string of the molecule is Cc1ccc(CNC(=O)c2nnc(CN3CCC4(CCOC4)C3)s2)cc1. The van der Waals surface area contributed by atoms with Gasteiger partial charge in [-0.2, -0.15) is 0 Å². The van der Waals surface area contributed by atoms with Crippen molar-refractivity contribution in [2.24, 2.45) is 5.41 Å². The second-order valence-electron chi connectivity index (χ2n) is 7.43. The number of hydrogen-bond donors (Lipinski definition) is 1. The van der Waals surface area contributed by atoms with E-state index in [9.17, 15) is 4.79 Å². The first-order chi connectivity index (χ1) is 12.6. The molecule has 0 aliphatic carbocycles. The maximum absolute atomic E-state index is 12.3. The van der Waals surface area contributed by atoms with Gasteiger partial charge in [-0.05, 0) is 31.9 Å². The highest BCUT2D eigenvalue weighted by Crippen LogP contribution is 2.38. The summed E-state index contributed by atoms with van der Waals surface area (Å²) in [6.07, 6.45) is 2.35. The average Bonchev–Trinajstić information content (AvgIpc) is 3.38. The first-order valence-electron chi connectivity index (χ1n) is 9.08. The van der Waals surface area contributed by atoms with Gasteiger partial charge >= 0.3 is 0 Å². The van der Waals surface area contributed by atoms with Gasteiger partial charge in [-0.15, -0.1) is 10.2 Å². The van der Waals surface area contributed by atoms with E-state index in [1.165, 1.54) is 23.3 Å². The summed E-state index contributed by atoms with van der Waals surface area (Å²) in [7, 11) is 0. The molecule has 0 saturated carbocycles. The largest absolute Gasteiger partial charge is 0.381 e. The Labute approximate surface area is 157 Å². The molecule has 3 heterocycles. The average molecular weight is 372 g/mol. The zero-order chi connectivity index (χ0) is 18.0. The number of rotatable bonds is 5. The van der Waals surface area contributed by atoms with Gasteiger partial charge < -0.3 is 10.1 Å². The van der Waals surface area contributed by atoms with Gasteiger partial charge in [0.25, 0.3) is 5.91 Å². The minimum absolute atomic E-state index is 0.156. The summed E-state index contributed by atoms with van der Waals surface area (Å²) in [5, 5.41) is 12.6. The van der Waals surface area contributed by atoms with Crippen molar-refractivity contribution < 1.29 is 9.53 Å². The number of nitrogens with zero attached hydrogens (tertiary/aromatic N) is 3. The lowest BCUT2D eigenvalue weighted by Crippen LogP contribution is -2.27. The van der Waals surface area contributed by atoms with Crippen molar-refractivity contribution in [3.05, 3.63) is 45.4 Å². The minimum Gasteiger partial charge on any atom is -0.381 e. The molecule has 0 radical (unpaired) electrons. The van der Waals surface area contributed by atoms with Crippen LogP contribution in [0.25, 0.3) is 0 Å². The second kappa shape index (κ2) is 7.42. The molecule has 2 fully saturated rings.